The largest absolute Gasteiger partial charge is 0.461 e. The quantitative estimate of drug-likeness (QED) is 0.261. The molecule has 0 N–H and O–H groups in total. The summed E-state index contributed by atoms with van der Waals surface area (Å²) in [5.41, 5.74) is -0.0165. The number of halogens is 2. The Hall–Kier alpha value is -4.24. The second-order valence-corrected chi connectivity index (χ2v) is 14.5. The van der Waals surface area contributed by atoms with Crippen LogP contribution in [0.3, 0.4) is 0 Å². The number of alkyl halides is 1. The van der Waals surface area contributed by atoms with Gasteiger partial charge in [0.05, 0.1) is 22.5 Å². The predicted octanol–water partition coefficient (Wildman–Crippen LogP) is 6.56. The fourth-order valence-electron chi connectivity index (χ4n) is 7.61. The maximum absolute atomic E-state index is 16.6. The van der Waals surface area contributed by atoms with Crippen molar-refractivity contribution in [2.75, 3.05) is 37.7 Å². The van der Waals surface area contributed by atoms with Gasteiger partial charge in [0.2, 0.25) is 5.82 Å². The zero-order valence-corrected chi connectivity index (χ0v) is 28.0. The average molecular weight is 661 g/mol. The van der Waals surface area contributed by atoms with E-state index in [1.165, 1.54) is 6.20 Å². The number of rotatable bonds is 7. The molecule has 4 aliphatic heterocycles. The summed E-state index contributed by atoms with van der Waals surface area (Å²) in [6.07, 6.45) is 10.7. The second kappa shape index (κ2) is 12.3. The first-order chi connectivity index (χ1) is 23.0. The molecule has 10 nitrogen and oxygen atoms in total. The van der Waals surface area contributed by atoms with Gasteiger partial charge in [0.15, 0.2) is 0 Å². The Morgan fingerprint density at radius 1 is 1.17 bits per heavy atom. The van der Waals surface area contributed by atoms with Crippen LogP contribution in [0, 0.1) is 18.2 Å². The number of nitrogens with zero attached hydrogens (tertiary/aromatic N) is 6. The van der Waals surface area contributed by atoms with Crippen LogP contribution in [-0.4, -0.2) is 87.0 Å². The van der Waals surface area contributed by atoms with Crippen molar-refractivity contribution in [2.24, 2.45) is 0 Å². The molecular formula is C36H42F2N6O4. The number of carbonyl (C=O) groups excluding carboxylic acids is 1. The number of amides is 1. The van der Waals surface area contributed by atoms with Crippen molar-refractivity contribution in [2.45, 2.75) is 95.6 Å². The van der Waals surface area contributed by atoms with Gasteiger partial charge in [-0.25, -0.2) is 14.2 Å². The molecule has 0 saturated carbocycles. The molecule has 254 valence electrons. The third kappa shape index (κ3) is 5.87. The summed E-state index contributed by atoms with van der Waals surface area (Å²) in [5.74, 6) is 2.34. The molecule has 4 saturated heterocycles. The lowest BCUT2D eigenvalue weighted by molar-refractivity contribution is 0.0223. The molecule has 12 heteroatoms. The van der Waals surface area contributed by atoms with Crippen LogP contribution in [0.4, 0.5) is 19.4 Å². The van der Waals surface area contributed by atoms with Crippen LogP contribution in [0.15, 0.2) is 24.4 Å². The fourth-order valence-corrected chi connectivity index (χ4v) is 7.61. The van der Waals surface area contributed by atoms with Crippen molar-refractivity contribution in [1.82, 2.24) is 24.8 Å². The highest BCUT2D eigenvalue weighted by atomic mass is 19.1. The third-order valence-corrected chi connectivity index (χ3v) is 10.1. The van der Waals surface area contributed by atoms with Crippen molar-refractivity contribution in [3.63, 3.8) is 0 Å². The highest BCUT2D eigenvalue weighted by molar-refractivity contribution is 5.91. The molecule has 6 heterocycles. The summed E-state index contributed by atoms with van der Waals surface area (Å²) in [6.45, 7) is 10.2. The van der Waals surface area contributed by atoms with E-state index in [-0.39, 0.29) is 35.8 Å². The van der Waals surface area contributed by atoms with E-state index in [4.69, 9.17) is 20.6 Å². The number of para-hydroxylation sites is 1. The number of anilines is 1. The van der Waals surface area contributed by atoms with Gasteiger partial charge in [-0.2, -0.15) is 14.4 Å². The molecule has 3 aromatic rings. The lowest BCUT2D eigenvalue weighted by atomic mass is 9.95. The maximum atomic E-state index is 16.6. The lowest BCUT2D eigenvalue weighted by Crippen LogP contribution is -2.46. The van der Waals surface area contributed by atoms with Gasteiger partial charge in [-0.1, -0.05) is 18.1 Å². The lowest BCUT2D eigenvalue weighted by Gasteiger charge is -2.40. The normalized spacial score (nSPS) is 25.6. The molecule has 4 atom stereocenters. The number of ether oxygens (including phenoxy) is 3. The van der Waals surface area contributed by atoms with Crippen LogP contribution in [0.5, 0.6) is 17.6 Å². The van der Waals surface area contributed by atoms with E-state index in [1.54, 1.807) is 17.0 Å². The van der Waals surface area contributed by atoms with E-state index in [2.05, 4.69) is 37.6 Å². The fraction of sp³-hybridized carbons (Fsp3) is 0.556. The van der Waals surface area contributed by atoms with E-state index in [0.29, 0.717) is 48.3 Å². The molecule has 7 rings (SSSR count). The van der Waals surface area contributed by atoms with Crippen LogP contribution in [0.2, 0.25) is 0 Å². The van der Waals surface area contributed by atoms with Crippen LogP contribution in [0.1, 0.15) is 83.4 Å². The van der Waals surface area contributed by atoms with Gasteiger partial charge < -0.3 is 24.0 Å². The Kier molecular flexibility index (Phi) is 8.30. The zero-order chi connectivity index (χ0) is 33.8. The Labute approximate surface area is 279 Å². The van der Waals surface area contributed by atoms with Crippen LogP contribution in [0.25, 0.3) is 10.9 Å². The zero-order valence-electron chi connectivity index (χ0n) is 28.0. The summed E-state index contributed by atoms with van der Waals surface area (Å²) in [7, 11) is 0. The summed E-state index contributed by atoms with van der Waals surface area (Å²) in [4.78, 5) is 32.7. The molecule has 0 bridgehead atoms. The van der Waals surface area contributed by atoms with Gasteiger partial charge >= 0.3 is 12.1 Å². The van der Waals surface area contributed by atoms with Crippen LogP contribution < -0.4 is 14.4 Å². The molecular weight excluding hydrogens is 618 g/mol. The number of pyridine rings is 1. The minimum atomic E-state index is -0.896. The monoisotopic (exact) mass is 660 g/mol. The summed E-state index contributed by atoms with van der Waals surface area (Å²) in [5, 5.41) is 0.432. The summed E-state index contributed by atoms with van der Waals surface area (Å²) >= 11 is 0. The van der Waals surface area contributed by atoms with Gasteiger partial charge in [0.25, 0.3) is 5.88 Å². The molecule has 2 aromatic heterocycles. The van der Waals surface area contributed by atoms with Gasteiger partial charge in [-0.05, 0) is 72.4 Å². The number of hydrogen-bond donors (Lipinski definition) is 0. The highest BCUT2D eigenvalue weighted by Gasteiger charge is 2.49. The standard InChI is InChI=1S/C36H42F2N6O4/c1-6-23-10-7-11-25(27-12-8-16-44(27)34(45)48-35(3,4)5)30(23)47-32-28(38)29-26(31(41-32)43-17-13-22(43)2)19-39-33(40-29)46-21-36-14-9-15-42(36)20-24(37)18-36/h1,7,10-11,19,22,24,27H,8-9,12-18,20-21H2,2-5H3/t22-,24+,27?,36-/m0/s1. The molecule has 48 heavy (non-hydrogen) atoms. The van der Waals surface area contributed by atoms with Gasteiger partial charge in [-0.15, -0.1) is 6.42 Å². The van der Waals surface area contributed by atoms with E-state index in [1.807, 2.05) is 26.8 Å². The number of hydrogen-bond acceptors (Lipinski definition) is 9. The van der Waals surface area contributed by atoms with Gasteiger partial charge in [0.1, 0.15) is 35.5 Å². The van der Waals surface area contributed by atoms with Crippen molar-refractivity contribution in [1.29, 1.82) is 0 Å². The molecule has 0 aliphatic carbocycles. The average Bonchev–Trinajstić information content (AvgIpc) is 3.75. The highest BCUT2D eigenvalue weighted by Crippen LogP contribution is 2.44. The van der Waals surface area contributed by atoms with E-state index in [9.17, 15) is 9.18 Å². The number of terminal acetylenes is 1. The molecule has 4 aliphatic rings. The third-order valence-electron chi connectivity index (χ3n) is 10.1. The number of aromatic nitrogens is 3. The van der Waals surface area contributed by atoms with Crippen LogP contribution in [-0.2, 0) is 4.74 Å². The topological polar surface area (TPSA) is 93.2 Å². The number of likely N-dealkylation sites (tertiary alicyclic amines) is 1. The van der Waals surface area contributed by atoms with E-state index in [0.717, 1.165) is 38.8 Å². The van der Waals surface area contributed by atoms with Crippen molar-refractivity contribution in [3.05, 3.63) is 41.3 Å². The van der Waals surface area contributed by atoms with Crippen molar-refractivity contribution < 1.29 is 27.8 Å². The van der Waals surface area contributed by atoms with E-state index < -0.39 is 35.3 Å². The molecule has 1 amide bonds. The Morgan fingerprint density at radius 2 is 2.00 bits per heavy atom. The minimum absolute atomic E-state index is 0.00524. The molecule has 4 fully saturated rings. The predicted molar refractivity (Wildman–Crippen MR) is 177 cm³/mol. The first kappa shape index (κ1) is 32.3. The first-order valence-electron chi connectivity index (χ1n) is 16.9. The van der Waals surface area contributed by atoms with Crippen LogP contribution >= 0.6 is 0 Å². The Morgan fingerprint density at radius 3 is 2.73 bits per heavy atom. The summed E-state index contributed by atoms with van der Waals surface area (Å²) < 4.78 is 49.1. The maximum Gasteiger partial charge on any atom is 0.410 e. The molecule has 1 aromatic carbocycles. The molecule has 0 spiro atoms. The Bertz CT molecular complexity index is 1780. The number of benzene rings is 1. The van der Waals surface area contributed by atoms with E-state index >= 15 is 4.39 Å². The van der Waals surface area contributed by atoms with Crippen molar-refractivity contribution >= 4 is 22.8 Å². The number of carbonyl (C=O) groups is 1. The number of fused-ring (bicyclic) bond motifs is 2. The van der Waals surface area contributed by atoms with Crippen molar-refractivity contribution in [3.8, 4) is 30.0 Å². The first-order valence-corrected chi connectivity index (χ1v) is 16.9. The SMILES string of the molecule is C#Cc1cccc(C2CCCN2C(=O)OC(C)(C)C)c1Oc1nc(N2CC[C@@H]2C)c2cnc(OC[C@@]34CCCN3C[C@H](F)C4)nc2c1F. The molecule has 0 radical (unpaired) electrons. The smallest absolute Gasteiger partial charge is 0.410 e. The van der Waals surface area contributed by atoms with Gasteiger partial charge in [-0.3, -0.25) is 4.90 Å². The molecule has 1 unspecified atom stereocenters. The minimum Gasteiger partial charge on any atom is -0.461 e. The van der Waals surface area contributed by atoms with Gasteiger partial charge in [0, 0.05) is 43.9 Å². The Balaban J connectivity index is 1.26. The summed E-state index contributed by atoms with van der Waals surface area (Å²) in [6, 6.07) is 5.15. The second-order valence-electron chi connectivity index (χ2n) is 14.5.